The molecule has 0 saturated carbocycles. The third-order valence-corrected chi connectivity index (χ3v) is 5.54. The van der Waals surface area contributed by atoms with Gasteiger partial charge in [0.1, 0.15) is 18.2 Å². The quantitative estimate of drug-likeness (QED) is 0.331. The SMILES string of the molecule is C=CCn1c(COc2ccc(CC)cc2)nnc1SCc1ccc(F)cc1Cl. The molecule has 0 aliphatic carbocycles. The fourth-order valence-electron chi connectivity index (χ4n) is 2.60. The number of hydrogen-bond donors (Lipinski definition) is 0. The van der Waals surface area contributed by atoms with Gasteiger partial charge in [-0.25, -0.2) is 4.39 Å². The minimum absolute atomic E-state index is 0.310. The van der Waals surface area contributed by atoms with Gasteiger partial charge in [-0.2, -0.15) is 0 Å². The lowest BCUT2D eigenvalue weighted by Gasteiger charge is -2.10. The lowest BCUT2D eigenvalue weighted by Crippen LogP contribution is -2.07. The molecule has 4 nitrogen and oxygen atoms in total. The fourth-order valence-corrected chi connectivity index (χ4v) is 3.88. The van der Waals surface area contributed by atoms with Gasteiger partial charge in [-0.05, 0) is 41.8 Å². The molecule has 1 aromatic heterocycles. The average Bonchev–Trinajstić information content (AvgIpc) is 3.08. The molecule has 0 aliphatic heterocycles. The van der Waals surface area contributed by atoms with Crippen LogP contribution >= 0.6 is 23.4 Å². The highest BCUT2D eigenvalue weighted by Crippen LogP contribution is 2.27. The lowest BCUT2D eigenvalue weighted by atomic mass is 10.2. The average molecular weight is 418 g/mol. The maximum absolute atomic E-state index is 13.2. The molecule has 0 saturated heterocycles. The summed E-state index contributed by atoms with van der Waals surface area (Å²) < 4.78 is 21.0. The number of aromatic nitrogens is 3. The van der Waals surface area contributed by atoms with Gasteiger partial charge in [0.2, 0.25) is 0 Å². The summed E-state index contributed by atoms with van der Waals surface area (Å²) in [5, 5.41) is 9.67. The first-order valence-corrected chi connectivity index (χ1v) is 10.3. The van der Waals surface area contributed by atoms with Gasteiger partial charge in [0, 0.05) is 17.3 Å². The monoisotopic (exact) mass is 417 g/mol. The topological polar surface area (TPSA) is 39.9 Å². The summed E-state index contributed by atoms with van der Waals surface area (Å²) >= 11 is 7.60. The highest BCUT2D eigenvalue weighted by Gasteiger charge is 2.13. The van der Waals surface area contributed by atoms with E-state index in [0.717, 1.165) is 22.9 Å². The normalized spacial score (nSPS) is 10.8. The number of rotatable bonds is 9. The van der Waals surface area contributed by atoms with Gasteiger partial charge in [-0.15, -0.1) is 16.8 Å². The minimum atomic E-state index is -0.347. The summed E-state index contributed by atoms with van der Waals surface area (Å²) in [5.74, 6) is 1.72. The van der Waals surface area contributed by atoms with Crippen LogP contribution in [0, 0.1) is 5.82 Å². The summed E-state index contributed by atoms with van der Waals surface area (Å²) in [6.07, 6.45) is 2.78. The molecule has 2 aromatic carbocycles. The van der Waals surface area contributed by atoms with E-state index in [1.807, 2.05) is 16.7 Å². The van der Waals surface area contributed by atoms with Gasteiger partial charge in [-0.3, -0.25) is 4.57 Å². The molecule has 1 heterocycles. The van der Waals surface area contributed by atoms with Crippen molar-refractivity contribution in [2.24, 2.45) is 0 Å². The summed E-state index contributed by atoms with van der Waals surface area (Å²) in [5.41, 5.74) is 2.11. The minimum Gasteiger partial charge on any atom is -0.486 e. The van der Waals surface area contributed by atoms with Crippen molar-refractivity contribution >= 4 is 23.4 Å². The number of aryl methyl sites for hydroxylation is 1. The Kier molecular flexibility index (Phi) is 7.12. The van der Waals surface area contributed by atoms with E-state index >= 15 is 0 Å². The Morgan fingerprint density at radius 1 is 1.21 bits per heavy atom. The molecule has 7 heteroatoms. The molecular weight excluding hydrogens is 397 g/mol. The van der Waals surface area contributed by atoms with Crippen LogP contribution in [0.25, 0.3) is 0 Å². The predicted octanol–water partition coefficient (Wildman–Crippen LogP) is 5.69. The zero-order valence-electron chi connectivity index (χ0n) is 15.6. The van der Waals surface area contributed by atoms with Crippen LogP contribution in [0.3, 0.4) is 0 Å². The van der Waals surface area contributed by atoms with Crippen molar-refractivity contribution in [1.82, 2.24) is 14.8 Å². The van der Waals surface area contributed by atoms with Gasteiger partial charge in [0.25, 0.3) is 0 Å². The Balaban J connectivity index is 1.68. The standard InChI is InChI=1S/C21H21ClFN3OS/c1-3-11-26-20(13-27-18-9-5-15(4-2)6-10-18)24-25-21(26)28-14-16-7-8-17(23)12-19(16)22/h3,5-10,12H,1,4,11,13-14H2,2H3. The predicted molar refractivity (Wildman–Crippen MR) is 111 cm³/mol. The molecule has 0 unspecified atom stereocenters. The Hall–Kier alpha value is -2.31. The molecule has 0 amide bonds. The van der Waals surface area contributed by atoms with E-state index in [9.17, 15) is 4.39 Å². The maximum Gasteiger partial charge on any atom is 0.191 e. The Bertz CT molecular complexity index is 943. The van der Waals surface area contributed by atoms with Crippen LogP contribution in [-0.2, 0) is 25.3 Å². The van der Waals surface area contributed by atoms with Gasteiger partial charge in [-0.1, -0.05) is 54.6 Å². The van der Waals surface area contributed by atoms with Crippen molar-refractivity contribution in [3.05, 3.63) is 82.9 Å². The molecule has 0 fully saturated rings. The van der Waals surface area contributed by atoms with Crippen LogP contribution in [0.1, 0.15) is 23.9 Å². The van der Waals surface area contributed by atoms with E-state index in [1.54, 1.807) is 12.1 Å². The lowest BCUT2D eigenvalue weighted by molar-refractivity contribution is 0.289. The molecule has 0 N–H and O–H groups in total. The maximum atomic E-state index is 13.2. The van der Waals surface area contributed by atoms with Gasteiger partial charge >= 0.3 is 0 Å². The largest absolute Gasteiger partial charge is 0.486 e. The van der Waals surface area contributed by atoms with Crippen LogP contribution in [0.2, 0.25) is 5.02 Å². The highest BCUT2D eigenvalue weighted by atomic mass is 35.5. The van der Waals surface area contributed by atoms with E-state index in [0.29, 0.717) is 29.8 Å². The molecule has 146 valence electrons. The second kappa shape index (κ2) is 9.75. The van der Waals surface area contributed by atoms with Gasteiger partial charge in [0.05, 0.1) is 0 Å². The van der Waals surface area contributed by atoms with Crippen molar-refractivity contribution in [3.63, 3.8) is 0 Å². The van der Waals surface area contributed by atoms with Crippen molar-refractivity contribution in [1.29, 1.82) is 0 Å². The second-order valence-corrected chi connectivity index (χ2v) is 7.46. The van der Waals surface area contributed by atoms with E-state index in [1.165, 1.54) is 29.5 Å². The zero-order chi connectivity index (χ0) is 19.9. The molecule has 0 bridgehead atoms. The molecule has 0 aliphatic rings. The van der Waals surface area contributed by atoms with Gasteiger partial charge < -0.3 is 4.74 Å². The summed E-state index contributed by atoms with van der Waals surface area (Å²) in [6.45, 7) is 6.80. The number of allylic oxidation sites excluding steroid dienone is 1. The molecule has 0 atom stereocenters. The number of ether oxygens (including phenoxy) is 1. The number of halogens is 2. The summed E-state index contributed by atoms with van der Waals surface area (Å²) in [6, 6.07) is 12.4. The first kappa shape index (κ1) is 20.4. The van der Waals surface area contributed by atoms with Crippen molar-refractivity contribution in [2.75, 3.05) is 0 Å². The van der Waals surface area contributed by atoms with E-state index < -0.39 is 0 Å². The Labute approximate surface area is 173 Å². The number of thioether (sulfide) groups is 1. The number of nitrogens with zero attached hydrogens (tertiary/aromatic N) is 3. The van der Waals surface area contributed by atoms with Gasteiger partial charge in [0.15, 0.2) is 11.0 Å². The molecule has 0 spiro atoms. The molecule has 28 heavy (non-hydrogen) atoms. The van der Waals surface area contributed by atoms with E-state index in [-0.39, 0.29) is 5.82 Å². The third kappa shape index (κ3) is 5.14. The third-order valence-electron chi connectivity index (χ3n) is 4.18. The van der Waals surface area contributed by atoms with E-state index in [4.69, 9.17) is 16.3 Å². The Morgan fingerprint density at radius 2 is 2.00 bits per heavy atom. The molecular formula is C21H21ClFN3OS. The van der Waals surface area contributed by atoms with Crippen LogP contribution in [0.15, 0.2) is 60.3 Å². The zero-order valence-corrected chi connectivity index (χ0v) is 17.1. The smallest absolute Gasteiger partial charge is 0.191 e. The van der Waals surface area contributed by atoms with Crippen molar-refractivity contribution in [2.45, 2.75) is 37.4 Å². The van der Waals surface area contributed by atoms with Crippen LogP contribution in [0.5, 0.6) is 5.75 Å². The first-order valence-electron chi connectivity index (χ1n) is 8.92. The number of benzene rings is 2. The van der Waals surface area contributed by atoms with Crippen molar-refractivity contribution < 1.29 is 9.13 Å². The van der Waals surface area contributed by atoms with E-state index in [2.05, 4.69) is 35.8 Å². The first-order chi connectivity index (χ1) is 13.6. The fraction of sp³-hybridized carbons (Fsp3) is 0.238. The molecule has 3 aromatic rings. The highest BCUT2D eigenvalue weighted by molar-refractivity contribution is 7.98. The Morgan fingerprint density at radius 3 is 2.68 bits per heavy atom. The second-order valence-electron chi connectivity index (χ2n) is 6.11. The van der Waals surface area contributed by atoms with Crippen LogP contribution in [-0.4, -0.2) is 14.8 Å². The van der Waals surface area contributed by atoms with Crippen LogP contribution < -0.4 is 4.74 Å². The molecule has 3 rings (SSSR count). The van der Waals surface area contributed by atoms with Crippen molar-refractivity contribution in [3.8, 4) is 5.75 Å². The van der Waals surface area contributed by atoms with Crippen LogP contribution in [0.4, 0.5) is 4.39 Å². The summed E-state index contributed by atoms with van der Waals surface area (Å²) in [4.78, 5) is 0. The number of hydrogen-bond acceptors (Lipinski definition) is 4. The molecule has 0 radical (unpaired) electrons. The summed E-state index contributed by atoms with van der Waals surface area (Å²) in [7, 11) is 0.